The first-order chi connectivity index (χ1) is 14.3. The van der Waals surface area contributed by atoms with E-state index in [-0.39, 0.29) is 24.1 Å². The lowest BCUT2D eigenvalue weighted by atomic mass is 10.0. The molecule has 2 aromatic heterocycles. The van der Waals surface area contributed by atoms with Gasteiger partial charge in [-0.2, -0.15) is 4.31 Å². The number of rotatable bonds is 6. The number of ether oxygens (including phenoxy) is 1. The van der Waals surface area contributed by atoms with Crippen molar-refractivity contribution >= 4 is 26.0 Å². The predicted octanol–water partition coefficient (Wildman–Crippen LogP) is 3.68. The van der Waals surface area contributed by atoms with Gasteiger partial charge in [-0.05, 0) is 42.7 Å². The van der Waals surface area contributed by atoms with E-state index in [1.165, 1.54) is 4.31 Å². The maximum absolute atomic E-state index is 13.6. The summed E-state index contributed by atoms with van der Waals surface area (Å²) in [5.41, 5.74) is 0.569. The summed E-state index contributed by atoms with van der Waals surface area (Å²) >= 11 is 3.39. The number of aromatic nitrogens is 3. The number of nitrogens with zero attached hydrogens (tertiary/aromatic N) is 4. The summed E-state index contributed by atoms with van der Waals surface area (Å²) in [7, 11) is -3.78. The van der Waals surface area contributed by atoms with E-state index < -0.39 is 10.0 Å². The molecule has 0 aliphatic carbocycles. The van der Waals surface area contributed by atoms with Crippen molar-refractivity contribution in [1.82, 2.24) is 19.3 Å². The Hall–Kier alpha value is -2.17. The Bertz CT molecular complexity index is 1110. The Labute approximate surface area is 184 Å². The quantitative estimate of drug-likeness (QED) is 0.518. The summed E-state index contributed by atoms with van der Waals surface area (Å²) in [6.45, 7) is 4.97. The number of furan rings is 1. The van der Waals surface area contributed by atoms with Gasteiger partial charge >= 0.3 is 0 Å². The first-order valence-corrected chi connectivity index (χ1v) is 11.9. The standard InChI is InChI=1S/C20H23BrN4O4S/c1-14(2)8-17-13-29-19-9-15(21)5-6-20(19)30(26,27)25(17)11-16-10-24(23-22-16)12-18-4-3-7-28-18/h3-7,9-10,14,17H,8,11-13H2,1-2H3/t17-/m0/s1. The molecule has 0 radical (unpaired) electrons. The lowest BCUT2D eigenvalue weighted by molar-refractivity contribution is 0.186. The molecular formula is C20H23BrN4O4S. The van der Waals surface area contributed by atoms with Crippen molar-refractivity contribution in [3.63, 3.8) is 0 Å². The Balaban J connectivity index is 1.65. The van der Waals surface area contributed by atoms with Gasteiger partial charge in [-0.25, -0.2) is 13.1 Å². The van der Waals surface area contributed by atoms with Crippen LogP contribution in [-0.2, 0) is 23.1 Å². The molecule has 3 aromatic rings. The number of fused-ring (bicyclic) bond motifs is 1. The molecular weight excluding hydrogens is 472 g/mol. The van der Waals surface area contributed by atoms with E-state index in [9.17, 15) is 8.42 Å². The van der Waals surface area contributed by atoms with Gasteiger partial charge in [0.15, 0.2) is 0 Å². The average molecular weight is 495 g/mol. The van der Waals surface area contributed by atoms with Gasteiger partial charge in [0.1, 0.15) is 29.6 Å². The van der Waals surface area contributed by atoms with Crippen LogP contribution in [0.4, 0.5) is 0 Å². The summed E-state index contributed by atoms with van der Waals surface area (Å²) in [6, 6.07) is 8.33. The zero-order valence-corrected chi connectivity index (χ0v) is 19.1. The molecule has 30 heavy (non-hydrogen) atoms. The molecule has 160 valence electrons. The Morgan fingerprint density at radius 2 is 2.10 bits per heavy atom. The topological polar surface area (TPSA) is 90.5 Å². The van der Waals surface area contributed by atoms with Crippen LogP contribution in [0.25, 0.3) is 0 Å². The van der Waals surface area contributed by atoms with E-state index >= 15 is 0 Å². The average Bonchev–Trinajstić information content (AvgIpc) is 3.33. The van der Waals surface area contributed by atoms with E-state index in [0.717, 1.165) is 10.2 Å². The van der Waals surface area contributed by atoms with E-state index in [0.29, 0.717) is 30.3 Å². The summed E-state index contributed by atoms with van der Waals surface area (Å²) in [5, 5.41) is 8.30. The van der Waals surface area contributed by atoms with Crippen LogP contribution in [0.1, 0.15) is 31.7 Å². The summed E-state index contributed by atoms with van der Waals surface area (Å²) in [5.74, 6) is 1.42. The molecule has 1 aliphatic heterocycles. The van der Waals surface area contributed by atoms with Crippen molar-refractivity contribution in [3.05, 3.63) is 58.7 Å². The van der Waals surface area contributed by atoms with Crippen molar-refractivity contribution in [3.8, 4) is 5.75 Å². The van der Waals surface area contributed by atoms with Crippen molar-refractivity contribution in [2.45, 2.75) is 44.3 Å². The van der Waals surface area contributed by atoms with Crippen molar-refractivity contribution < 1.29 is 17.6 Å². The van der Waals surface area contributed by atoms with Gasteiger partial charge in [0.05, 0.1) is 30.7 Å². The normalized spacial score (nSPS) is 18.7. The van der Waals surface area contributed by atoms with E-state index in [1.54, 1.807) is 35.3 Å². The SMILES string of the molecule is CC(C)C[C@H]1COc2cc(Br)ccc2S(=O)(=O)N1Cc1cn(Cc2ccco2)nn1. The molecule has 0 N–H and O–H groups in total. The molecule has 0 amide bonds. The maximum atomic E-state index is 13.6. The van der Waals surface area contributed by atoms with Crippen LogP contribution < -0.4 is 4.74 Å². The molecule has 1 aliphatic rings. The molecule has 0 unspecified atom stereocenters. The zero-order valence-electron chi connectivity index (χ0n) is 16.7. The third-order valence-corrected chi connectivity index (χ3v) is 7.31. The molecule has 3 heterocycles. The number of benzene rings is 1. The van der Waals surface area contributed by atoms with Gasteiger partial charge < -0.3 is 9.15 Å². The minimum atomic E-state index is -3.78. The Morgan fingerprint density at radius 1 is 1.27 bits per heavy atom. The van der Waals surface area contributed by atoms with E-state index in [4.69, 9.17) is 9.15 Å². The zero-order chi connectivity index (χ0) is 21.3. The first kappa shape index (κ1) is 21.1. The van der Waals surface area contributed by atoms with Gasteiger partial charge in [0.2, 0.25) is 10.0 Å². The predicted molar refractivity (Wildman–Crippen MR) is 113 cm³/mol. The van der Waals surface area contributed by atoms with Gasteiger partial charge in [-0.3, -0.25) is 0 Å². The molecule has 0 fully saturated rings. The third kappa shape index (κ3) is 4.45. The highest BCUT2D eigenvalue weighted by Crippen LogP contribution is 2.35. The lowest BCUT2D eigenvalue weighted by Gasteiger charge is -2.28. The minimum absolute atomic E-state index is 0.122. The fourth-order valence-corrected chi connectivity index (χ4v) is 5.60. The highest BCUT2D eigenvalue weighted by molar-refractivity contribution is 9.10. The second-order valence-corrected chi connectivity index (χ2v) is 10.5. The van der Waals surface area contributed by atoms with E-state index in [2.05, 4.69) is 40.1 Å². The largest absolute Gasteiger partial charge is 0.490 e. The molecule has 0 saturated carbocycles. The van der Waals surface area contributed by atoms with Crippen molar-refractivity contribution in [2.75, 3.05) is 6.61 Å². The van der Waals surface area contributed by atoms with Gasteiger partial charge in [-0.1, -0.05) is 35.0 Å². The second kappa shape index (κ2) is 8.52. The minimum Gasteiger partial charge on any atom is -0.490 e. The molecule has 0 bridgehead atoms. The van der Waals surface area contributed by atoms with Gasteiger partial charge in [0, 0.05) is 4.47 Å². The molecule has 4 rings (SSSR count). The summed E-state index contributed by atoms with van der Waals surface area (Å²) in [4.78, 5) is 0.167. The highest BCUT2D eigenvalue weighted by atomic mass is 79.9. The number of halogens is 1. The maximum Gasteiger partial charge on any atom is 0.247 e. The van der Waals surface area contributed by atoms with Crippen LogP contribution in [0.2, 0.25) is 0 Å². The Morgan fingerprint density at radius 3 is 2.83 bits per heavy atom. The fraction of sp³-hybridized carbons (Fsp3) is 0.400. The molecule has 10 heteroatoms. The highest BCUT2D eigenvalue weighted by Gasteiger charge is 2.38. The number of hydrogen-bond acceptors (Lipinski definition) is 6. The number of sulfonamides is 1. The van der Waals surface area contributed by atoms with Crippen LogP contribution in [0.3, 0.4) is 0 Å². The third-order valence-electron chi connectivity index (χ3n) is 4.88. The molecule has 1 atom stereocenters. The first-order valence-electron chi connectivity index (χ1n) is 9.68. The van der Waals surface area contributed by atoms with E-state index in [1.807, 2.05) is 12.1 Å². The lowest BCUT2D eigenvalue weighted by Crippen LogP contribution is -2.42. The Kier molecular flexibility index (Phi) is 5.99. The smallest absolute Gasteiger partial charge is 0.247 e. The monoisotopic (exact) mass is 494 g/mol. The van der Waals surface area contributed by atoms with Crippen LogP contribution in [0.15, 0.2) is 56.6 Å². The van der Waals surface area contributed by atoms with Crippen LogP contribution in [0, 0.1) is 5.92 Å². The summed E-state index contributed by atoms with van der Waals surface area (Å²) in [6.07, 6.45) is 4.02. The summed E-state index contributed by atoms with van der Waals surface area (Å²) < 4.78 is 42.3. The van der Waals surface area contributed by atoms with Crippen LogP contribution in [-0.4, -0.2) is 40.4 Å². The van der Waals surface area contributed by atoms with Crippen molar-refractivity contribution in [1.29, 1.82) is 0 Å². The molecule has 0 saturated heterocycles. The molecule has 1 aromatic carbocycles. The fourth-order valence-electron chi connectivity index (χ4n) is 3.55. The van der Waals surface area contributed by atoms with Crippen molar-refractivity contribution in [2.24, 2.45) is 5.92 Å². The molecule has 0 spiro atoms. The van der Waals surface area contributed by atoms with Gasteiger partial charge in [0.25, 0.3) is 0 Å². The number of hydrogen-bond donors (Lipinski definition) is 0. The van der Waals surface area contributed by atoms with Crippen LogP contribution in [0.5, 0.6) is 5.75 Å². The molecule has 8 nitrogen and oxygen atoms in total. The second-order valence-electron chi connectivity index (χ2n) is 7.72. The van der Waals surface area contributed by atoms with Gasteiger partial charge in [-0.15, -0.1) is 5.10 Å². The van der Waals surface area contributed by atoms with Crippen LogP contribution >= 0.6 is 15.9 Å².